The number of carbonyl (C=O) groups is 1. The number of aryl methyl sites for hydroxylation is 1. The molecule has 0 aliphatic heterocycles. The summed E-state index contributed by atoms with van der Waals surface area (Å²) in [6.45, 7) is 0.896. The molecule has 170 valence electrons. The van der Waals surface area contributed by atoms with Gasteiger partial charge in [0.2, 0.25) is 0 Å². The number of halogens is 1. The van der Waals surface area contributed by atoms with Gasteiger partial charge >= 0.3 is 11.9 Å². The monoisotopic (exact) mass is 504 g/mol. The number of ether oxygens (including phenoxy) is 1. The molecule has 32 heavy (non-hydrogen) atoms. The molecular formula is C21H23BrN5O5-. The molecule has 3 rings (SSSR count). The van der Waals surface area contributed by atoms with Crippen molar-refractivity contribution in [2.75, 3.05) is 11.9 Å². The maximum Gasteiger partial charge on any atom is 0.413 e. The van der Waals surface area contributed by atoms with Crippen molar-refractivity contribution in [2.24, 2.45) is 5.73 Å². The van der Waals surface area contributed by atoms with Crippen LogP contribution >= 0.6 is 15.9 Å². The lowest BCUT2D eigenvalue weighted by molar-refractivity contribution is -0.389. The molecule has 2 aromatic heterocycles. The van der Waals surface area contributed by atoms with Gasteiger partial charge in [0.25, 0.3) is 0 Å². The second-order valence-corrected chi connectivity index (χ2v) is 7.14. The normalized spacial score (nSPS) is 9.56. The lowest BCUT2D eigenvalue weighted by Gasteiger charge is -2.07. The Labute approximate surface area is 193 Å². The molecule has 0 unspecified atom stereocenters. The van der Waals surface area contributed by atoms with Crippen LogP contribution in [0.15, 0.2) is 71.5 Å². The quantitative estimate of drug-likeness (QED) is 0.355. The van der Waals surface area contributed by atoms with E-state index in [1.54, 1.807) is 18.3 Å². The first-order valence-electron chi connectivity index (χ1n) is 9.36. The van der Waals surface area contributed by atoms with Crippen LogP contribution in [0, 0.1) is 10.1 Å². The van der Waals surface area contributed by atoms with Gasteiger partial charge in [0, 0.05) is 12.3 Å². The van der Waals surface area contributed by atoms with E-state index in [9.17, 15) is 14.9 Å². The van der Waals surface area contributed by atoms with Gasteiger partial charge in [-0.15, -0.1) is 0 Å². The smallest absolute Gasteiger partial charge is 0.413 e. The summed E-state index contributed by atoms with van der Waals surface area (Å²) >= 11 is 3.11. The zero-order chi connectivity index (χ0) is 22.5. The van der Waals surface area contributed by atoms with Crippen LogP contribution in [-0.4, -0.2) is 33.0 Å². The van der Waals surface area contributed by atoms with Crippen molar-refractivity contribution in [3.63, 3.8) is 0 Å². The molecule has 0 spiro atoms. The van der Waals surface area contributed by atoms with Crippen molar-refractivity contribution in [2.45, 2.75) is 19.4 Å². The van der Waals surface area contributed by atoms with Gasteiger partial charge in [-0.1, -0.05) is 36.4 Å². The van der Waals surface area contributed by atoms with Gasteiger partial charge in [0.05, 0.1) is 4.47 Å². The molecule has 0 saturated carbocycles. The topological polar surface area (TPSA) is 163 Å². The third kappa shape index (κ3) is 10.1. The first-order chi connectivity index (χ1) is 15.0. The van der Waals surface area contributed by atoms with Crippen LogP contribution in [0.5, 0.6) is 0 Å². The summed E-state index contributed by atoms with van der Waals surface area (Å²) in [7, 11) is 0. The number of aromatic nitrogens is 2. The summed E-state index contributed by atoms with van der Waals surface area (Å²) in [5.41, 5.74) is 7.50. The predicted molar refractivity (Wildman–Crippen MR) is 122 cm³/mol. The number of nitrogens with zero attached hydrogens (tertiary/aromatic N) is 3. The summed E-state index contributed by atoms with van der Waals surface area (Å²) in [5, 5.41) is 12.6. The summed E-state index contributed by atoms with van der Waals surface area (Å²) in [4.78, 5) is 28.9. The molecule has 0 aliphatic rings. The predicted octanol–water partition coefficient (Wildman–Crippen LogP) is 4.30. The third-order valence-corrected chi connectivity index (χ3v) is 4.31. The lowest BCUT2D eigenvalue weighted by Crippen LogP contribution is -2.14. The van der Waals surface area contributed by atoms with E-state index in [1.807, 2.05) is 36.4 Å². The minimum atomic E-state index is -0.535. The second kappa shape index (κ2) is 14.6. The van der Waals surface area contributed by atoms with E-state index in [0.717, 1.165) is 28.4 Å². The van der Waals surface area contributed by atoms with Crippen LogP contribution in [-0.2, 0) is 17.8 Å². The van der Waals surface area contributed by atoms with E-state index in [4.69, 9.17) is 10.5 Å². The van der Waals surface area contributed by atoms with Crippen LogP contribution in [0.1, 0.15) is 17.5 Å². The first-order valence-corrected chi connectivity index (χ1v) is 10.2. The Hall–Kier alpha value is -3.41. The van der Waals surface area contributed by atoms with Gasteiger partial charge in [0.1, 0.15) is 12.4 Å². The van der Waals surface area contributed by atoms with Crippen molar-refractivity contribution in [1.82, 2.24) is 9.97 Å². The van der Waals surface area contributed by atoms with Crippen LogP contribution in [0.25, 0.3) is 0 Å². The van der Waals surface area contributed by atoms with Gasteiger partial charge in [-0.3, -0.25) is 5.32 Å². The van der Waals surface area contributed by atoms with E-state index in [1.165, 1.54) is 12.3 Å². The minimum absolute atomic E-state index is 0. The van der Waals surface area contributed by atoms with Crippen molar-refractivity contribution >= 4 is 33.7 Å². The summed E-state index contributed by atoms with van der Waals surface area (Å²) in [6.07, 6.45) is 4.43. The zero-order valence-electron chi connectivity index (χ0n) is 17.1. The number of pyridine rings is 2. The number of benzene rings is 1. The van der Waals surface area contributed by atoms with E-state index in [0.29, 0.717) is 12.4 Å². The zero-order valence-corrected chi connectivity index (χ0v) is 18.6. The Kier molecular flexibility index (Phi) is 12.1. The molecule has 0 radical (unpaired) electrons. The maximum atomic E-state index is 11.7. The Morgan fingerprint density at radius 3 is 2.38 bits per heavy atom. The molecule has 4 N–H and O–H groups in total. The number of nitrogens with one attached hydrogen (secondary N) is 1. The van der Waals surface area contributed by atoms with E-state index in [-0.39, 0.29) is 17.9 Å². The average molecular weight is 505 g/mol. The molecule has 0 aliphatic carbocycles. The van der Waals surface area contributed by atoms with Crippen LogP contribution in [0.2, 0.25) is 0 Å². The van der Waals surface area contributed by atoms with Gasteiger partial charge in [-0.05, 0) is 68.5 Å². The molecule has 1 aromatic carbocycles. The van der Waals surface area contributed by atoms with Crippen molar-refractivity contribution < 1.29 is 19.9 Å². The third-order valence-electron chi connectivity index (χ3n) is 3.84. The van der Waals surface area contributed by atoms with E-state index in [2.05, 4.69) is 31.2 Å². The van der Waals surface area contributed by atoms with Crippen LogP contribution in [0.4, 0.5) is 16.4 Å². The number of anilines is 1. The summed E-state index contributed by atoms with van der Waals surface area (Å²) in [5.74, 6) is 0.341. The maximum absolute atomic E-state index is 11.7. The highest BCUT2D eigenvalue weighted by atomic mass is 79.9. The standard InChI is InChI=1S/C16H19N3O2.C5H3BrN2O2.H2O/c17-10-4-7-13-8-9-15(18-11-13)19-16(20)21-12-14-5-2-1-3-6-14;6-4-1-2-5(7-3-4)8(9)10;/h1-3,5-6,8-9,11H,4,7,10,12,17H2,(H,18,19,20);1-3H;1H2/p-1. The Morgan fingerprint density at radius 2 is 1.81 bits per heavy atom. The Bertz CT molecular complexity index is 957. The van der Waals surface area contributed by atoms with E-state index >= 15 is 0 Å². The average Bonchev–Trinajstić information content (AvgIpc) is 2.79. The molecule has 10 nitrogen and oxygen atoms in total. The molecular weight excluding hydrogens is 482 g/mol. The molecule has 2 heterocycles. The first kappa shape index (κ1) is 26.6. The number of amides is 1. The van der Waals surface area contributed by atoms with Crippen molar-refractivity contribution in [3.05, 3.63) is 92.7 Å². The van der Waals surface area contributed by atoms with Crippen LogP contribution in [0.3, 0.4) is 0 Å². The Balaban J connectivity index is 0.000000393. The van der Waals surface area contributed by atoms with Gasteiger partial charge in [-0.25, -0.2) is 9.78 Å². The highest BCUT2D eigenvalue weighted by Gasteiger charge is 2.05. The van der Waals surface area contributed by atoms with E-state index < -0.39 is 11.0 Å². The minimum Gasteiger partial charge on any atom is -0.870 e. The molecule has 0 saturated heterocycles. The Morgan fingerprint density at radius 1 is 1.06 bits per heavy atom. The van der Waals surface area contributed by atoms with Gasteiger partial charge in [0.15, 0.2) is 6.20 Å². The summed E-state index contributed by atoms with van der Waals surface area (Å²) < 4.78 is 5.85. The fraction of sp³-hybridized carbons (Fsp3) is 0.190. The fourth-order valence-corrected chi connectivity index (χ4v) is 2.53. The molecule has 3 aromatic rings. The highest BCUT2D eigenvalue weighted by molar-refractivity contribution is 9.10. The van der Waals surface area contributed by atoms with Crippen LogP contribution < -0.4 is 11.1 Å². The van der Waals surface area contributed by atoms with Crippen molar-refractivity contribution in [1.29, 1.82) is 0 Å². The van der Waals surface area contributed by atoms with Gasteiger partial charge < -0.3 is 26.1 Å². The molecule has 0 fully saturated rings. The number of carbonyl (C=O) groups excluding carboxylic acids is 1. The molecule has 1 amide bonds. The molecule has 0 bridgehead atoms. The largest absolute Gasteiger partial charge is 0.870 e. The molecule has 0 atom stereocenters. The fourth-order valence-electron chi connectivity index (χ4n) is 2.29. The van der Waals surface area contributed by atoms with Crippen molar-refractivity contribution in [3.8, 4) is 0 Å². The lowest BCUT2D eigenvalue weighted by atomic mass is 10.1. The van der Waals surface area contributed by atoms with Gasteiger partial charge in [-0.2, -0.15) is 0 Å². The summed E-state index contributed by atoms with van der Waals surface area (Å²) in [6, 6.07) is 16.1. The number of hydrogen-bond donors (Lipinski definition) is 2. The number of hydrogen-bond acceptors (Lipinski definition) is 8. The highest BCUT2D eigenvalue weighted by Crippen LogP contribution is 2.11. The number of rotatable bonds is 7. The SMILES string of the molecule is NCCCc1ccc(NC(=O)OCc2ccccc2)nc1.O=[N+]([O-])c1ccc(Br)cn1.[OH-]. The number of nitro groups is 1. The second-order valence-electron chi connectivity index (χ2n) is 6.22. The number of nitrogens with two attached hydrogens (primary N) is 1. The molecule has 11 heteroatoms.